The van der Waals surface area contributed by atoms with Gasteiger partial charge in [-0.3, -0.25) is 0 Å². The predicted molar refractivity (Wildman–Crippen MR) is 60.9 cm³/mol. The highest BCUT2D eigenvalue weighted by molar-refractivity contribution is 5.85. The fourth-order valence-corrected chi connectivity index (χ4v) is 1.14. The van der Waals surface area contributed by atoms with Crippen molar-refractivity contribution in [2.75, 3.05) is 11.5 Å². The Balaban J connectivity index is 0.00000128. The third-order valence-electron chi connectivity index (χ3n) is 1.89. The first-order valence-corrected chi connectivity index (χ1v) is 3.96. The second kappa shape index (κ2) is 4.97. The molecule has 1 aromatic carbocycles. The van der Waals surface area contributed by atoms with Crippen molar-refractivity contribution in [2.24, 2.45) is 0 Å². The van der Waals surface area contributed by atoms with Crippen LogP contribution in [0.5, 0.6) is 11.5 Å². The second-order valence-corrected chi connectivity index (χ2v) is 3.03. The van der Waals surface area contributed by atoms with E-state index in [0.717, 1.165) is 12.1 Å². The lowest BCUT2D eigenvalue weighted by Crippen LogP contribution is -2.43. The van der Waals surface area contributed by atoms with Crippen molar-refractivity contribution in [2.45, 2.75) is 12.5 Å². The topological polar surface area (TPSA) is 70.5 Å². The number of fused-ring (bicyclic) bond motifs is 1. The van der Waals surface area contributed by atoms with Crippen LogP contribution >= 0.6 is 24.8 Å². The number of hydrogen-bond donors (Lipinski definition) is 2. The summed E-state index contributed by atoms with van der Waals surface area (Å²) in [6.07, 6.45) is -6.87. The number of nitrogen functional groups attached to an aromatic ring is 2. The summed E-state index contributed by atoms with van der Waals surface area (Å²) in [5, 5.41) is 0. The van der Waals surface area contributed by atoms with Crippen molar-refractivity contribution in [3.63, 3.8) is 0 Å². The van der Waals surface area contributed by atoms with Crippen LogP contribution in [0.1, 0.15) is 0 Å². The molecule has 17 heavy (non-hydrogen) atoms. The fraction of sp³-hybridized carbons (Fsp3) is 0.250. The fourth-order valence-electron chi connectivity index (χ4n) is 1.14. The maximum atomic E-state index is 12.7. The van der Waals surface area contributed by atoms with E-state index < -0.39 is 12.5 Å². The molecule has 4 N–H and O–H groups in total. The normalized spacial score (nSPS) is 19.8. The van der Waals surface area contributed by atoms with Gasteiger partial charge in [0.2, 0.25) is 0 Å². The summed E-state index contributed by atoms with van der Waals surface area (Å²) in [6, 6.07) is 2.19. The van der Waals surface area contributed by atoms with Crippen LogP contribution in [0.15, 0.2) is 12.1 Å². The largest absolute Gasteiger partial charge is 0.468 e. The van der Waals surface area contributed by atoms with Gasteiger partial charge in [0, 0.05) is 12.1 Å². The van der Waals surface area contributed by atoms with Crippen LogP contribution in [-0.4, -0.2) is 12.5 Å². The molecule has 0 saturated carbocycles. The molecule has 1 aliphatic rings. The summed E-state index contributed by atoms with van der Waals surface area (Å²) >= 11 is 0. The molecule has 0 spiro atoms. The first kappa shape index (κ1) is 15.8. The lowest BCUT2D eigenvalue weighted by atomic mass is 10.2. The highest BCUT2D eigenvalue weighted by Crippen LogP contribution is 2.43. The Kier molecular flexibility index (Phi) is 4.62. The molecule has 2 rings (SSSR count). The molecular formula is C8H9Cl2F3N2O2. The molecule has 98 valence electrons. The first-order valence-electron chi connectivity index (χ1n) is 3.96. The van der Waals surface area contributed by atoms with Gasteiger partial charge in [0.05, 0.1) is 11.4 Å². The van der Waals surface area contributed by atoms with Gasteiger partial charge in [0.15, 0.2) is 11.5 Å². The number of benzene rings is 1. The van der Waals surface area contributed by atoms with Crippen molar-refractivity contribution in [1.29, 1.82) is 0 Å². The van der Waals surface area contributed by atoms with E-state index >= 15 is 0 Å². The minimum Gasteiger partial charge on any atom is -0.447 e. The average molecular weight is 293 g/mol. The van der Waals surface area contributed by atoms with Crippen LogP contribution in [0.3, 0.4) is 0 Å². The Morgan fingerprint density at radius 3 is 2.06 bits per heavy atom. The van der Waals surface area contributed by atoms with E-state index in [2.05, 4.69) is 9.47 Å². The van der Waals surface area contributed by atoms with Gasteiger partial charge in [-0.1, -0.05) is 0 Å². The Morgan fingerprint density at radius 1 is 1.06 bits per heavy atom. The summed E-state index contributed by atoms with van der Waals surface area (Å²) in [7, 11) is 0. The summed E-state index contributed by atoms with van der Waals surface area (Å²) < 4.78 is 46.5. The summed E-state index contributed by atoms with van der Waals surface area (Å²) in [5.41, 5.74) is 10.9. The van der Waals surface area contributed by atoms with E-state index in [-0.39, 0.29) is 47.7 Å². The van der Waals surface area contributed by atoms with Gasteiger partial charge in [-0.25, -0.2) is 0 Å². The number of halogens is 5. The third kappa shape index (κ3) is 2.73. The lowest BCUT2D eigenvalue weighted by molar-refractivity contribution is -0.281. The Morgan fingerprint density at radius 2 is 1.53 bits per heavy atom. The number of nitrogens with two attached hydrogens (primary N) is 2. The van der Waals surface area contributed by atoms with Gasteiger partial charge in [-0.2, -0.15) is 13.2 Å². The van der Waals surface area contributed by atoms with Gasteiger partial charge in [0.25, 0.3) is 0 Å². The molecule has 0 amide bonds. The van der Waals surface area contributed by atoms with E-state index in [1.165, 1.54) is 0 Å². The van der Waals surface area contributed by atoms with Crippen LogP contribution in [0.2, 0.25) is 0 Å². The summed E-state index contributed by atoms with van der Waals surface area (Å²) in [5.74, 6) is -0.527. The Bertz CT molecular complexity index is 420. The van der Waals surface area contributed by atoms with Crippen molar-refractivity contribution in [3.05, 3.63) is 12.1 Å². The standard InChI is InChI=1S/C8H7F3N2O2.2ClH/c9-7-8(10,11)15-6-2-4(13)3(12)1-5(6)14-7;;/h1-2,7H,12-13H2;2*1H. The first-order chi connectivity index (χ1) is 6.90. The molecule has 9 heteroatoms. The highest BCUT2D eigenvalue weighted by Gasteiger charge is 2.49. The van der Waals surface area contributed by atoms with E-state index in [1.54, 1.807) is 0 Å². The molecule has 0 saturated heterocycles. The van der Waals surface area contributed by atoms with Crippen molar-refractivity contribution < 1.29 is 22.6 Å². The van der Waals surface area contributed by atoms with Crippen LogP contribution < -0.4 is 20.9 Å². The third-order valence-corrected chi connectivity index (χ3v) is 1.89. The minimum atomic E-state index is -4.02. The Hall–Kier alpha value is -1.21. The molecule has 0 aliphatic carbocycles. The number of alkyl halides is 3. The summed E-state index contributed by atoms with van der Waals surface area (Å²) in [4.78, 5) is 0. The van der Waals surface area contributed by atoms with E-state index in [0.29, 0.717) is 0 Å². The zero-order valence-electron chi connectivity index (χ0n) is 8.15. The lowest BCUT2D eigenvalue weighted by Gasteiger charge is -2.28. The van der Waals surface area contributed by atoms with Crippen molar-refractivity contribution in [3.8, 4) is 11.5 Å². The van der Waals surface area contributed by atoms with Crippen LogP contribution in [0.25, 0.3) is 0 Å². The molecule has 1 unspecified atom stereocenters. The molecular weight excluding hydrogens is 284 g/mol. The van der Waals surface area contributed by atoms with E-state index in [4.69, 9.17) is 11.5 Å². The van der Waals surface area contributed by atoms with Crippen LogP contribution in [0.4, 0.5) is 24.5 Å². The van der Waals surface area contributed by atoms with E-state index in [1.807, 2.05) is 0 Å². The molecule has 4 nitrogen and oxygen atoms in total. The number of hydrogen-bond acceptors (Lipinski definition) is 4. The molecule has 0 radical (unpaired) electrons. The minimum absolute atomic E-state index is 0. The Labute approximate surface area is 107 Å². The van der Waals surface area contributed by atoms with Crippen molar-refractivity contribution >= 4 is 36.2 Å². The molecule has 1 aromatic rings. The maximum absolute atomic E-state index is 12.7. The quantitative estimate of drug-likeness (QED) is 0.720. The predicted octanol–water partition coefficient (Wildman–Crippen LogP) is 2.35. The van der Waals surface area contributed by atoms with Gasteiger partial charge in [-0.15, -0.1) is 24.8 Å². The van der Waals surface area contributed by atoms with Crippen LogP contribution in [-0.2, 0) is 0 Å². The van der Waals surface area contributed by atoms with Gasteiger partial charge in [0.1, 0.15) is 0 Å². The zero-order chi connectivity index (χ0) is 11.2. The second-order valence-electron chi connectivity index (χ2n) is 3.03. The van der Waals surface area contributed by atoms with E-state index in [9.17, 15) is 13.2 Å². The van der Waals surface area contributed by atoms with Crippen LogP contribution in [0, 0.1) is 0 Å². The smallest absolute Gasteiger partial charge is 0.447 e. The average Bonchev–Trinajstić information content (AvgIpc) is 2.11. The molecule has 1 aliphatic heterocycles. The monoisotopic (exact) mass is 292 g/mol. The zero-order valence-corrected chi connectivity index (χ0v) is 9.79. The SMILES string of the molecule is Cl.Cl.Nc1cc2c(cc1N)OC(F)(F)C(F)O2. The van der Waals surface area contributed by atoms with Gasteiger partial charge in [-0.05, 0) is 0 Å². The highest BCUT2D eigenvalue weighted by atomic mass is 35.5. The van der Waals surface area contributed by atoms with Gasteiger partial charge >= 0.3 is 12.5 Å². The molecule has 0 aromatic heterocycles. The molecule has 0 fully saturated rings. The summed E-state index contributed by atoms with van der Waals surface area (Å²) in [6.45, 7) is 0. The molecule has 0 bridgehead atoms. The molecule has 1 atom stereocenters. The number of anilines is 2. The number of rotatable bonds is 0. The number of ether oxygens (including phenoxy) is 2. The maximum Gasteiger partial charge on any atom is 0.468 e. The van der Waals surface area contributed by atoms with Gasteiger partial charge < -0.3 is 20.9 Å². The van der Waals surface area contributed by atoms with Crippen molar-refractivity contribution in [1.82, 2.24) is 0 Å². The molecule has 1 heterocycles.